The maximum Gasteiger partial charge on any atom is 0.330 e. The first-order chi connectivity index (χ1) is 15.1. The van der Waals surface area contributed by atoms with Crippen LogP contribution in [0.2, 0.25) is 0 Å². The molecule has 0 N–H and O–H groups in total. The van der Waals surface area contributed by atoms with Crippen LogP contribution in [0.25, 0.3) is 16.8 Å². The molecular weight excluding hydrogens is 390 g/mol. The van der Waals surface area contributed by atoms with Gasteiger partial charge in [-0.05, 0) is 35.1 Å². The van der Waals surface area contributed by atoms with Crippen LogP contribution in [0.4, 0.5) is 0 Å². The van der Waals surface area contributed by atoms with Crippen LogP contribution in [-0.4, -0.2) is 29.3 Å². The number of unbranched alkanes of at least 4 members (excludes halogenated alkanes) is 1. The van der Waals surface area contributed by atoms with Crippen LogP contribution in [0, 0.1) is 0 Å². The number of carbonyl (C=O) groups excluding carboxylic acids is 3. The third-order valence-electron chi connectivity index (χ3n) is 5.34. The Hall–Kier alpha value is -3.73. The minimum atomic E-state index is -0.450. The van der Waals surface area contributed by atoms with Crippen LogP contribution < -0.4 is 0 Å². The number of rotatable bonds is 7. The first kappa shape index (κ1) is 20.5. The SMILES string of the molecule is CCCCOC(=O)/C=C/c1ccc2cccc3c2c1C(=O)N(Cc1ccccc1)C3=O. The van der Waals surface area contributed by atoms with E-state index in [-0.39, 0.29) is 18.4 Å². The Labute approximate surface area is 180 Å². The summed E-state index contributed by atoms with van der Waals surface area (Å²) in [6.07, 6.45) is 4.67. The zero-order valence-electron chi connectivity index (χ0n) is 17.3. The highest BCUT2D eigenvalue weighted by molar-refractivity contribution is 6.26. The van der Waals surface area contributed by atoms with Crippen molar-refractivity contribution in [1.29, 1.82) is 0 Å². The minimum absolute atomic E-state index is 0.186. The maximum absolute atomic E-state index is 13.4. The molecule has 4 rings (SSSR count). The molecule has 0 saturated heterocycles. The Morgan fingerprint density at radius 1 is 0.968 bits per heavy atom. The van der Waals surface area contributed by atoms with Gasteiger partial charge in [-0.15, -0.1) is 0 Å². The molecule has 1 heterocycles. The van der Waals surface area contributed by atoms with Gasteiger partial charge in [0.05, 0.1) is 18.7 Å². The molecule has 1 aliphatic rings. The predicted octanol–water partition coefficient (Wildman–Crippen LogP) is 4.99. The number of nitrogens with zero attached hydrogens (tertiary/aromatic N) is 1. The fraction of sp³-hybridized carbons (Fsp3) is 0.192. The number of hydrogen-bond donors (Lipinski definition) is 0. The zero-order chi connectivity index (χ0) is 21.8. The molecule has 0 atom stereocenters. The van der Waals surface area contributed by atoms with Crippen molar-refractivity contribution >= 4 is 34.6 Å². The van der Waals surface area contributed by atoms with E-state index in [4.69, 9.17) is 4.74 Å². The van der Waals surface area contributed by atoms with Crippen molar-refractivity contribution in [2.75, 3.05) is 6.61 Å². The topological polar surface area (TPSA) is 63.7 Å². The summed E-state index contributed by atoms with van der Waals surface area (Å²) in [7, 11) is 0. The average molecular weight is 413 g/mol. The Morgan fingerprint density at radius 2 is 1.77 bits per heavy atom. The average Bonchev–Trinajstić information content (AvgIpc) is 2.79. The second kappa shape index (κ2) is 8.96. The second-order valence-electron chi connectivity index (χ2n) is 7.47. The molecule has 0 radical (unpaired) electrons. The highest BCUT2D eigenvalue weighted by Gasteiger charge is 2.34. The van der Waals surface area contributed by atoms with Gasteiger partial charge in [0.2, 0.25) is 0 Å². The summed E-state index contributed by atoms with van der Waals surface area (Å²) in [4.78, 5) is 39.9. The molecule has 31 heavy (non-hydrogen) atoms. The lowest BCUT2D eigenvalue weighted by Crippen LogP contribution is -2.40. The third kappa shape index (κ3) is 4.12. The molecule has 0 spiro atoms. The number of hydrogen-bond acceptors (Lipinski definition) is 4. The lowest BCUT2D eigenvalue weighted by Gasteiger charge is -2.28. The lowest BCUT2D eigenvalue weighted by molar-refractivity contribution is -0.137. The highest BCUT2D eigenvalue weighted by atomic mass is 16.5. The van der Waals surface area contributed by atoms with E-state index in [0.717, 1.165) is 23.8 Å². The molecule has 0 bridgehead atoms. The molecule has 0 aliphatic carbocycles. The first-order valence-electron chi connectivity index (χ1n) is 10.4. The van der Waals surface area contributed by atoms with Gasteiger partial charge >= 0.3 is 5.97 Å². The van der Waals surface area contributed by atoms with Gasteiger partial charge in [-0.2, -0.15) is 0 Å². The fourth-order valence-corrected chi connectivity index (χ4v) is 3.75. The summed E-state index contributed by atoms with van der Waals surface area (Å²) in [5.74, 6) is -1.13. The summed E-state index contributed by atoms with van der Waals surface area (Å²) in [5.41, 5.74) is 2.38. The molecule has 0 unspecified atom stereocenters. The number of esters is 1. The molecule has 3 aromatic rings. The van der Waals surface area contributed by atoms with E-state index in [1.807, 2.05) is 55.5 Å². The highest BCUT2D eigenvalue weighted by Crippen LogP contribution is 2.33. The molecule has 2 amide bonds. The largest absolute Gasteiger partial charge is 0.463 e. The van der Waals surface area contributed by atoms with Gasteiger partial charge in [0.15, 0.2) is 0 Å². The van der Waals surface area contributed by atoms with Gasteiger partial charge < -0.3 is 4.74 Å². The van der Waals surface area contributed by atoms with Crippen molar-refractivity contribution in [2.24, 2.45) is 0 Å². The third-order valence-corrected chi connectivity index (χ3v) is 5.34. The van der Waals surface area contributed by atoms with Gasteiger partial charge in [-0.3, -0.25) is 14.5 Å². The van der Waals surface area contributed by atoms with Crippen LogP contribution >= 0.6 is 0 Å². The van der Waals surface area contributed by atoms with E-state index in [1.54, 1.807) is 18.2 Å². The number of ether oxygens (including phenoxy) is 1. The fourth-order valence-electron chi connectivity index (χ4n) is 3.75. The van der Waals surface area contributed by atoms with Gasteiger partial charge in [0.25, 0.3) is 11.8 Å². The van der Waals surface area contributed by atoms with Crippen molar-refractivity contribution in [3.05, 3.63) is 89.0 Å². The van der Waals surface area contributed by atoms with Crippen molar-refractivity contribution < 1.29 is 19.1 Å². The van der Waals surface area contributed by atoms with Gasteiger partial charge in [-0.1, -0.05) is 67.9 Å². The summed E-state index contributed by atoms with van der Waals surface area (Å²) < 4.78 is 5.17. The summed E-state index contributed by atoms with van der Waals surface area (Å²) in [6, 6.07) is 18.5. The number of benzene rings is 3. The van der Waals surface area contributed by atoms with E-state index in [0.29, 0.717) is 28.7 Å². The lowest BCUT2D eigenvalue weighted by atomic mass is 9.90. The van der Waals surface area contributed by atoms with Crippen LogP contribution in [0.15, 0.2) is 66.7 Å². The Kier molecular flexibility index (Phi) is 5.94. The van der Waals surface area contributed by atoms with Gasteiger partial charge in [0.1, 0.15) is 0 Å². The summed E-state index contributed by atoms with van der Waals surface area (Å²) in [5, 5.41) is 1.44. The van der Waals surface area contributed by atoms with Crippen molar-refractivity contribution in [1.82, 2.24) is 4.90 Å². The van der Waals surface area contributed by atoms with Crippen molar-refractivity contribution in [3.63, 3.8) is 0 Å². The molecule has 5 heteroatoms. The minimum Gasteiger partial charge on any atom is -0.463 e. The maximum atomic E-state index is 13.4. The summed E-state index contributed by atoms with van der Waals surface area (Å²) >= 11 is 0. The van der Waals surface area contributed by atoms with Crippen LogP contribution in [0.1, 0.15) is 51.6 Å². The Bertz CT molecular complexity index is 1180. The monoisotopic (exact) mass is 413 g/mol. The van der Waals surface area contributed by atoms with Gasteiger partial charge in [0, 0.05) is 17.0 Å². The molecule has 1 aliphatic heterocycles. The molecule has 3 aromatic carbocycles. The van der Waals surface area contributed by atoms with Crippen molar-refractivity contribution in [3.8, 4) is 0 Å². The molecular formula is C26H23NO4. The Morgan fingerprint density at radius 3 is 2.55 bits per heavy atom. The van der Waals surface area contributed by atoms with E-state index >= 15 is 0 Å². The predicted molar refractivity (Wildman–Crippen MR) is 119 cm³/mol. The van der Waals surface area contributed by atoms with E-state index in [1.165, 1.54) is 11.0 Å². The number of carbonyl (C=O) groups is 3. The van der Waals surface area contributed by atoms with Crippen LogP contribution in [-0.2, 0) is 16.1 Å². The Balaban J connectivity index is 1.73. The zero-order valence-corrected chi connectivity index (χ0v) is 17.3. The van der Waals surface area contributed by atoms with Crippen molar-refractivity contribution in [2.45, 2.75) is 26.3 Å². The van der Waals surface area contributed by atoms with E-state index in [9.17, 15) is 14.4 Å². The number of amides is 2. The van der Waals surface area contributed by atoms with E-state index < -0.39 is 5.97 Å². The van der Waals surface area contributed by atoms with E-state index in [2.05, 4.69) is 0 Å². The molecule has 0 aromatic heterocycles. The molecule has 156 valence electrons. The normalized spacial score (nSPS) is 13.3. The number of imide groups is 1. The van der Waals surface area contributed by atoms with Gasteiger partial charge in [-0.25, -0.2) is 4.79 Å². The van der Waals surface area contributed by atoms with Crippen LogP contribution in [0.5, 0.6) is 0 Å². The molecule has 0 fully saturated rings. The molecule has 5 nitrogen and oxygen atoms in total. The quantitative estimate of drug-likeness (QED) is 0.237. The van der Waals surface area contributed by atoms with Crippen LogP contribution in [0.3, 0.4) is 0 Å². The summed E-state index contributed by atoms with van der Waals surface area (Å²) in [6.45, 7) is 2.58. The standard InChI is InChI=1S/C26H23NO4/c1-2-3-16-31-22(28)15-14-20-13-12-19-10-7-11-21-23(19)24(20)26(30)27(25(21)29)17-18-8-5-4-6-9-18/h4-15H,2-3,16-17H2,1H3/b15-14+. The first-order valence-corrected chi connectivity index (χ1v) is 10.4. The second-order valence-corrected chi connectivity index (χ2v) is 7.47. The smallest absolute Gasteiger partial charge is 0.330 e. The molecule has 0 saturated carbocycles.